The minimum atomic E-state index is 0. The van der Waals surface area contributed by atoms with E-state index >= 15 is 0 Å². The molecule has 2 aromatic rings. The first-order chi connectivity index (χ1) is 8.75. The quantitative estimate of drug-likeness (QED) is 0.660. The molecule has 1 unspecified atom stereocenters. The Morgan fingerprint density at radius 3 is 2.00 bits per heavy atom. The molecule has 4 heteroatoms. The monoisotopic (exact) mass is 310 g/mol. The predicted molar refractivity (Wildman–Crippen MR) is 91.5 cm³/mol. The molecule has 2 rings (SSSR count). The molecule has 0 spiro atoms. The second-order valence-electron chi connectivity index (χ2n) is 4.46. The molecule has 20 heavy (non-hydrogen) atoms. The van der Waals surface area contributed by atoms with Gasteiger partial charge < -0.3 is 5.73 Å². The standard InChI is InChI=1S/C16H18N2.2ClH/c1-13(12-14-8-4-2-5-9-14)16(17)18-15-10-6-3-7-11-15;;/h2-11,13H,12H2,1H3,(H2,17,18);2*1H. The third-order valence-electron chi connectivity index (χ3n) is 2.90. The van der Waals surface area contributed by atoms with E-state index in [9.17, 15) is 0 Å². The minimum absolute atomic E-state index is 0. The van der Waals surface area contributed by atoms with Crippen LogP contribution in [0.1, 0.15) is 12.5 Å². The Morgan fingerprint density at radius 2 is 1.45 bits per heavy atom. The molecule has 0 radical (unpaired) electrons. The Bertz CT molecular complexity index is 513. The maximum Gasteiger partial charge on any atom is 0.103 e. The minimum Gasteiger partial charge on any atom is -0.387 e. The Hall–Kier alpha value is -1.51. The lowest BCUT2D eigenvalue weighted by Crippen LogP contribution is -2.22. The second-order valence-corrected chi connectivity index (χ2v) is 4.46. The number of para-hydroxylation sites is 1. The average Bonchev–Trinajstić information content (AvgIpc) is 2.41. The summed E-state index contributed by atoms with van der Waals surface area (Å²) in [6.07, 6.45) is 0.920. The first kappa shape index (κ1) is 18.5. The highest BCUT2D eigenvalue weighted by Gasteiger charge is 2.07. The van der Waals surface area contributed by atoms with E-state index < -0.39 is 0 Å². The van der Waals surface area contributed by atoms with Crippen LogP contribution in [-0.2, 0) is 6.42 Å². The molecule has 2 aromatic carbocycles. The first-order valence-electron chi connectivity index (χ1n) is 6.19. The van der Waals surface area contributed by atoms with Crippen LogP contribution in [0.3, 0.4) is 0 Å². The molecule has 0 fully saturated rings. The first-order valence-corrected chi connectivity index (χ1v) is 6.19. The number of amidine groups is 1. The molecule has 108 valence electrons. The maximum absolute atomic E-state index is 6.05. The maximum atomic E-state index is 6.05. The summed E-state index contributed by atoms with van der Waals surface area (Å²) < 4.78 is 0. The van der Waals surface area contributed by atoms with Gasteiger partial charge in [-0.25, -0.2) is 4.99 Å². The zero-order chi connectivity index (χ0) is 12.8. The molecule has 0 saturated carbocycles. The molecule has 0 aliphatic rings. The molecule has 1 atom stereocenters. The number of nitrogens with zero attached hydrogens (tertiary/aromatic N) is 1. The molecule has 0 aromatic heterocycles. The Labute approximate surface area is 132 Å². The van der Waals surface area contributed by atoms with Gasteiger partial charge in [-0.1, -0.05) is 55.5 Å². The van der Waals surface area contributed by atoms with E-state index in [1.807, 2.05) is 48.5 Å². The third-order valence-corrected chi connectivity index (χ3v) is 2.90. The van der Waals surface area contributed by atoms with Gasteiger partial charge in [0.25, 0.3) is 0 Å². The number of hydrogen-bond donors (Lipinski definition) is 1. The van der Waals surface area contributed by atoms with E-state index in [1.165, 1.54) is 5.56 Å². The van der Waals surface area contributed by atoms with Crippen molar-refractivity contribution in [3.8, 4) is 0 Å². The molecule has 0 aliphatic heterocycles. The lowest BCUT2D eigenvalue weighted by Gasteiger charge is -2.11. The predicted octanol–water partition coefficient (Wildman–Crippen LogP) is 4.40. The molecular weight excluding hydrogens is 291 g/mol. The largest absolute Gasteiger partial charge is 0.387 e. The lowest BCUT2D eigenvalue weighted by molar-refractivity contribution is 0.759. The van der Waals surface area contributed by atoms with Crippen LogP contribution in [0.4, 0.5) is 5.69 Å². The molecular formula is C16H20Cl2N2. The van der Waals surface area contributed by atoms with Crippen LogP contribution in [0.2, 0.25) is 0 Å². The van der Waals surface area contributed by atoms with Crippen LogP contribution >= 0.6 is 24.8 Å². The van der Waals surface area contributed by atoms with Gasteiger partial charge in [-0.05, 0) is 24.1 Å². The summed E-state index contributed by atoms with van der Waals surface area (Å²) in [5, 5.41) is 0. The van der Waals surface area contributed by atoms with E-state index in [0.717, 1.165) is 12.1 Å². The zero-order valence-electron chi connectivity index (χ0n) is 11.4. The number of nitrogens with two attached hydrogens (primary N) is 1. The van der Waals surface area contributed by atoms with Crippen LogP contribution < -0.4 is 5.73 Å². The topological polar surface area (TPSA) is 38.4 Å². The van der Waals surface area contributed by atoms with Crippen molar-refractivity contribution < 1.29 is 0 Å². The van der Waals surface area contributed by atoms with Crippen molar-refractivity contribution in [2.45, 2.75) is 13.3 Å². The molecule has 0 saturated heterocycles. The van der Waals surface area contributed by atoms with Crippen LogP contribution in [0.15, 0.2) is 65.7 Å². The number of rotatable bonds is 4. The van der Waals surface area contributed by atoms with Gasteiger partial charge in [-0.15, -0.1) is 24.8 Å². The summed E-state index contributed by atoms with van der Waals surface area (Å²) in [7, 11) is 0. The smallest absolute Gasteiger partial charge is 0.103 e. The average molecular weight is 311 g/mol. The van der Waals surface area contributed by atoms with Gasteiger partial charge in [0, 0.05) is 5.92 Å². The Morgan fingerprint density at radius 1 is 0.950 bits per heavy atom. The SMILES string of the molecule is CC(Cc1ccccc1)C(N)=Nc1ccccc1.Cl.Cl. The fraction of sp³-hybridized carbons (Fsp3) is 0.188. The molecule has 0 amide bonds. The number of benzene rings is 2. The summed E-state index contributed by atoms with van der Waals surface area (Å²) in [6, 6.07) is 20.2. The van der Waals surface area contributed by atoms with E-state index in [0.29, 0.717) is 5.84 Å². The second kappa shape index (κ2) is 9.40. The Balaban J connectivity index is 0.00000180. The van der Waals surface area contributed by atoms with Gasteiger partial charge in [0.2, 0.25) is 0 Å². The number of hydrogen-bond acceptors (Lipinski definition) is 1. The van der Waals surface area contributed by atoms with Crippen LogP contribution in [0, 0.1) is 5.92 Å². The summed E-state index contributed by atoms with van der Waals surface area (Å²) >= 11 is 0. The highest BCUT2D eigenvalue weighted by molar-refractivity contribution is 5.86. The summed E-state index contributed by atoms with van der Waals surface area (Å²) in [4.78, 5) is 4.45. The highest BCUT2D eigenvalue weighted by atomic mass is 35.5. The zero-order valence-corrected chi connectivity index (χ0v) is 13.0. The van der Waals surface area contributed by atoms with E-state index in [4.69, 9.17) is 5.73 Å². The van der Waals surface area contributed by atoms with Crippen LogP contribution in [0.5, 0.6) is 0 Å². The fourth-order valence-corrected chi connectivity index (χ4v) is 1.83. The summed E-state index contributed by atoms with van der Waals surface area (Å²) in [5.41, 5.74) is 8.25. The van der Waals surface area contributed by atoms with Gasteiger partial charge >= 0.3 is 0 Å². The van der Waals surface area contributed by atoms with Crippen LogP contribution in [-0.4, -0.2) is 5.84 Å². The molecule has 0 heterocycles. The van der Waals surface area contributed by atoms with E-state index in [2.05, 4.69) is 24.0 Å². The van der Waals surface area contributed by atoms with Crippen molar-refractivity contribution in [1.82, 2.24) is 0 Å². The van der Waals surface area contributed by atoms with Gasteiger partial charge in [-0.3, -0.25) is 0 Å². The van der Waals surface area contributed by atoms with E-state index in [-0.39, 0.29) is 30.7 Å². The third kappa shape index (κ3) is 5.64. The van der Waals surface area contributed by atoms with Crippen LogP contribution in [0.25, 0.3) is 0 Å². The van der Waals surface area contributed by atoms with Gasteiger partial charge in [-0.2, -0.15) is 0 Å². The van der Waals surface area contributed by atoms with Crippen molar-refractivity contribution in [3.63, 3.8) is 0 Å². The van der Waals surface area contributed by atoms with Crippen molar-refractivity contribution in [2.75, 3.05) is 0 Å². The highest BCUT2D eigenvalue weighted by Crippen LogP contribution is 2.13. The van der Waals surface area contributed by atoms with E-state index in [1.54, 1.807) is 0 Å². The molecule has 0 aliphatic carbocycles. The van der Waals surface area contributed by atoms with Gasteiger partial charge in [0.15, 0.2) is 0 Å². The normalized spacial score (nSPS) is 11.9. The number of aliphatic imine (C=N–C) groups is 1. The fourth-order valence-electron chi connectivity index (χ4n) is 1.83. The summed E-state index contributed by atoms with van der Waals surface area (Å²) in [6.45, 7) is 2.11. The van der Waals surface area contributed by atoms with Crippen molar-refractivity contribution in [1.29, 1.82) is 0 Å². The van der Waals surface area contributed by atoms with Gasteiger partial charge in [0.05, 0.1) is 5.69 Å². The van der Waals surface area contributed by atoms with Crippen molar-refractivity contribution >= 4 is 36.3 Å². The Kier molecular flexibility index (Phi) is 8.69. The number of halogens is 2. The van der Waals surface area contributed by atoms with Crippen molar-refractivity contribution in [2.24, 2.45) is 16.6 Å². The van der Waals surface area contributed by atoms with Gasteiger partial charge in [0.1, 0.15) is 5.84 Å². The summed E-state index contributed by atoms with van der Waals surface area (Å²) in [5.74, 6) is 0.928. The van der Waals surface area contributed by atoms with Crippen molar-refractivity contribution in [3.05, 3.63) is 66.2 Å². The lowest BCUT2D eigenvalue weighted by atomic mass is 10.0. The molecule has 0 bridgehead atoms. The molecule has 2 nitrogen and oxygen atoms in total. The molecule has 2 N–H and O–H groups in total.